The second-order valence-corrected chi connectivity index (χ2v) is 4.13. The molecule has 1 aromatic rings. The quantitative estimate of drug-likeness (QED) is 0.686. The summed E-state index contributed by atoms with van der Waals surface area (Å²) < 4.78 is 0. The first-order valence-corrected chi connectivity index (χ1v) is 5.96. The molecule has 0 aromatic heterocycles. The van der Waals surface area contributed by atoms with Crippen molar-refractivity contribution in [2.24, 2.45) is 5.73 Å². The highest BCUT2D eigenvalue weighted by Crippen LogP contribution is 2.22. The molecule has 4 N–H and O–H groups in total. The van der Waals surface area contributed by atoms with Crippen LogP contribution >= 0.6 is 0 Å². The van der Waals surface area contributed by atoms with E-state index in [-0.39, 0.29) is 19.3 Å². The monoisotopic (exact) mass is 238 g/mol. The number of nitrogens with two attached hydrogens (primary N) is 1. The number of rotatable bonds is 6. The Hall–Kier alpha value is -1.10. The van der Waals surface area contributed by atoms with Gasteiger partial charge in [-0.1, -0.05) is 6.07 Å². The van der Waals surface area contributed by atoms with Gasteiger partial charge in [-0.2, -0.15) is 0 Å². The van der Waals surface area contributed by atoms with Crippen molar-refractivity contribution in [3.05, 3.63) is 29.3 Å². The summed E-state index contributed by atoms with van der Waals surface area (Å²) in [6, 6.07) is 5.66. The van der Waals surface area contributed by atoms with Gasteiger partial charge in [0.15, 0.2) is 0 Å². The molecule has 1 aromatic carbocycles. The topological polar surface area (TPSA) is 69.7 Å². The van der Waals surface area contributed by atoms with Gasteiger partial charge in [-0.25, -0.2) is 0 Å². The summed E-state index contributed by atoms with van der Waals surface area (Å²) >= 11 is 0. The van der Waals surface area contributed by atoms with Crippen LogP contribution in [-0.2, 0) is 0 Å². The third-order valence-corrected chi connectivity index (χ3v) is 2.97. The SMILES string of the molecule is CCN(CCO)c1ccc([C@H](N)CO)c(C)c1. The molecule has 0 radical (unpaired) electrons. The Kier molecular flexibility index (Phi) is 5.41. The first kappa shape index (κ1) is 14.0. The van der Waals surface area contributed by atoms with Crippen molar-refractivity contribution in [3.63, 3.8) is 0 Å². The van der Waals surface area contributed by atoms with Crippen molar-refractivity contribution in [1.82, 2.24) is 0 Å². The Morgan fingerprint density at radius 2 is 2.06 bits per heavy atom. The predicted molar refractivity (Wildman–Crippen MR) is 70.2 cm³/mol. The molecule has 0 aliphatic rings. The summed E-state index contributed by atoms with van der Waals surface area (Å²) in [5.41, 5.74) is 8.92. The zero-order valence-corrected chi connectivity index (χ0v) is 10.6. The fraction of sp³-hybridized carbons (Fsp3) is 0.538. The predicted octanol–water partition coefficient (Wildman–Crippen LogP) is 0.806. The van der Waals surface area contributed by atoms with Crippen LogP contribution in [0.2, 0.25) is 0 Å². The Morgan fingerprint density at radius 1 is 1.35 bits per heavy atom. The van der Waals surface area contributed by atoms with Crippen molar-refractivity contribution in [3.8, 4) is 0 Å². The van der Waals surface area contributed by atoms with Gasteiger partial charge in [0, 0.05) is 18.8 Å². The first-order valence-electron chi connectivity index (χ1n) is 5.96. The number of aryl methyl sites for hydroxylation is 1. The van der Waals surface area contributed by atoms with Gasteiger partial charge in [0.05, 0.1) is 19.3 Å². The molecule has 0 amide bonds. The van der Waals surface area contributed by atoms with E-state index in [1.54, 1.807) is 0 Å². The van der Waals surface area contributed by atoms with E-state index in [4.69, 9.17) is 15.9 Å². The Balaban J connectivity index is 2.94. The maximum atomic E-state index is 9.05. The standard InChI is InChI=1S/C13H22N2O2/c1-3-15(6-7-16)11-4-5-12(10(2)8-11)13(14)9-17/h4-5,8,13,16-17H,3,6-7,9,14H2,1-2H3/t13-/m1/s1. The largest absolute Gasteiger partial charge is 0.395 e. The number of hydrogen-bond donors (Lipinski definition) is 3. The zero-order chi connectivity index (χ0) is 12.8. The van der Waals surface area contributed by atoms with E-state index in [9.17, 15) is 0 Å². The van der Waals surface area contributed by atoms with Crippen LogP contribution in [0.3, 0.4) is 0 Å². The molecule has 1 rings (SSSR count). The first-order chi connectivity index (χ1) is 8.13. The molecule has 0 spiro atoms. The highest BCUT2D eigenvalue weighted by Gasteiger charge is 2.10. The Labute approximate surface area is 103 Å². The minimum Gasteiger partial charge on any atom is -0.395 e. The molecule has 0 saturated carbocycles. The van der Waals surface area contributed by atoms with Gasteiger partial charge in [0.1, 0.15) is 0 Å². The van der Waals surface area contributed by atoms with Gasteiger partial charge in [0.25, 0.3) is 0 Å². The molecule has 1 atom stereocenters. The van der Waals surface area contributed by atoms with Crippen molar-refractivity contribution in [2.45, 2.75) is 19.9 Å². The van der Waals surface area contributed by atoms with Gasteiger partial charge in [-0.15, -0.1) is 0 Å². The number of nitrogens with zero attached hydrogens (tertiary/aromatic N) is 1. The molecule has 0 aliphatic carbocycles. The molecular formula is C13H22N2O2. The zero-order valence-electron chi connectivity index (χ0n) is 10.6. The van der Waals surface area contributed by atoms with Gasteiger partial charge < -0.3 is 20.8 Å². The lowest BCUT2D eigenvalue weighted by molar-refractivity contribution is 0.267. The maximum absolute atomic E-state index is 9.05. The van der Waals surface area contributed by atoms with Crippen LogP contribution in [0.25, 0.3) is 0 Å². The van der Waals surface area contributed by atoms with E-state index < -0.39 is 0 Å². The van der Waals surface area contributed by atoms with Crippen LogP contribution in [0.4, 0.5) is 5.69 Å². The molecular weight excluding hydrogens is 216 g/mol. The smallest absolute Gasteiger partial charge is 0.0624 e. The van der Waals surface area contributed by atoms with Crippen molar-refractivity contribution in [1.29, 1.82) is 0 Å². The lowest BCUT2D eigenvalue weighted by Crippen LogP contribution is -2.26. The van der Waals surface area contributed by atoms with E-state index in [2.05, 4.69) is 11.8 Å². The fourth-order valence-electron chi connectivity index (χ4n) is 1.96. The highest BCUT2D eigenvalue weighted by molar-refractivity contribution is 5.51. The normalized spacial score (nSPS) is 12.5. The van der Waals surface area contributed by atoms with Crippen LogP contribution in [0.5, 0.6) is 0 Å². The molecule has 0 heterocycles. The van der Waals surface area contributed by atoms with E-state index in [1.165, 1.54) is 0 Å². The molecule has 0 saturated heterocycles. The average Bonchev–Trinajstić information content (AvgIpc) is 2.35. The number of aliphatic hydroxyl groups is 2. The summed E-state index contributed by atoms with van der Waals surface area (Å²) in [5, 5.41) is 18.0. The van der Waals surface area contributed by atoms with E-state index in [0.29, 0.717) is 6.54 Å². The van der Waals surface area contributed by atoms with Crippen LogP contribution in [0.15, 0.2) is 18.2 Å². The van der Waals surface area contributed by atoms with E-state index in [0.717, 1.165) is 23.4 Å². The fourth-order valence-corrected chi connectivity index (χ4v) is 1.96. The molecule has 0 bridgehead atoms. The minimum absolute atomic E-state index is 0.0473. The van der Waals surface area contributed by atoms with Gasteiger partial charge >= 0.3 is 0 Å². The summed E-state index contributed by atoms with van der Waals surface area (Å²) in [4.78, 5) is 2.10. The molecule has 0 aliphatic heterocycles. The molecule has 96 valence electrons. The Morgan fingerprint density at radius 3 is 2.53 bits per heavy atom. The molecule has 4 heteroatoms. The maximum Gasteiger partial charge on any atom is 0.0624 e. The van der Waals surface area contributed by atoms with Crippen molar-refractivity contribution in [2.75, 3.05) is 31.2 Å². The third-order valence-electron chi connectivity index (χ3n) is 2.97. The van der Waals surface area contributed by atoms with Crippen molar-refractivity contribution < 1.29 is 10.2 Å². The minimum atomic E-state index is -0.322. The van der Waals surface area contributed by atoms with E-state index >= 15 is 0 Å². The van der Waals surface area contributed by atoms with Gasteiger partial charge in [0.2, 0.25) is 0 Å². The van der Waals surface area contributed by atoms with E-state index in [1.807, 2.05) is 25.1 Å². The molecule has 17 heavy (non-hydrogen) atoms. The van der Waals surface area contributed by atoms with Gasteiger partial charge in [-0.3, -0.25) is 0 Å². The number of anilines is 1. The van der Waals surface area contributed by atoms with Crippen LogP contribution in [-0.4, -0.2) is 36.5 Å². The van der Waals surface area contributed by atoms with Crippen LogP contribution in [0.1, 0.15) is 24.1 Å². The second kappa shape index (κ2) is 6.59. The summed E-state index contributed by atoms with van der Waals surface area (Å²) in [6.45, 7) is 5.62. The molecule has 4 nitrogen and oxygen atoms in total. The number of likely N-dealkylation sites (N-methyl/N-ethyl adjacent to an activating group) is 1. The lowest BCUT2D eigenvalue weighted by Gasteiger charge is -2.23. The average molecular weight is 238 g/mol. The summed E-state index contributed by atoms with van der Waals surface area (Å²) in [7, 11) is 0. The summed E-state index contributed by atoms with van der Waals surface area (Å²) in [6.07, 6.45) is 0. The number of benzene rings is 1. The Bertz CT molecular complexity index is 355. The van der Waals surface area contributed by atoms with Gasteiger partial charge in [-0.05, 0) is 37.1 Å². The van der Waals surface area contributed by atoms with Crippen LogP contribution < -0.4 is 10.6 Å². The highest BCUT2D eigenvalue weighted by atomic mass is 16.3. The number of aliphatic hydroxyl groups excluding tert-OH is 2. The van der Waals surface area contributed by atoms with Crippen LogP contribution in [0, 0.1) is 6.92 Å². The third kappa shape index (κ3) is 3.43. The molecule has 0 unspecified atom stereocenters. The number of hydrogen-bond acceptors (Lipinski definition) is 4. The second-order valence-electron chi connectivity index (χ2n) is 4.13. The lowest BCUT2D eigenvalue weighted by atomic mass is 10.0. The van der Waals surface area contributed by atoms with Crippen molar-refractivity contribution >= 4 is 5.69 Å². The molecule has 0 fully saturated rings. The summed E-state index contributed by atoms with van der Waals surface area (Å²) in [5.74, 6) is 0.